The third-order valence-corrected chi connectivity index (χ3v) is 3.50. The van der Waals surface area contributed by atoms with Crippen molar-refractivity contribution in [3.63, 3.8) is 0 Å². The molecule has 25 heavy (non-hydrogen) atoms. The molecule has 0 aliphatic carbocycles. The van der Waals surface area contributed by atoms with Gasteiger partial charge in [0.1, 0.15) is 23.9 Å². The maximum atomic E-state index is 9.06. The van der Waals surface area contributed by atoms with Crippen LogP contribution in [0.2, 0.25) is 0 Å². The van der Waals surface area contributed by atoms with Gasteiger partial charge in [-0.1, -0.05) is 12.1 Å². The second-order valence-corrected chi connectivity index (χ2v) is 5.19. The lowest BCUT2D eigenvalue weighted by atomic mass is 10.1. The fraction of sp³-hybridized carbons (Fsp3) is 0.0556. The summed E-state index contributed by atoms with van der Waals surface area (Å²) in [6, 6.07) is 14.3. The maximum absolute atomic E-state index is 9.06. The van der Waals surface area contributed by atoms with E-state index in [4.69, 9.17) is 15.8 Å². The second-order valence-electron chi connectivity index (χ2n) is 5.19. The van der Waals surface area contributed by atoms with Crippen LogP contribution in [0.1, 0.15) is 5.69 Å². The quantitative estimate of drug-likeness (QED) is 0.741. The van der Waals surface area contributed by atoms with Crippen LogP contribution < -0.4 is 5.32 Å². The Labute approximate surface area is 143 Å². The Bertz CT molecular complexity index is 1080. The minimum absolute atomic E-state index is 0.0786. The number of rotatable bonds is 3. The van der Waals surface area contributed by atoms with E-state index in [1.165, 1.54) is 0 Å². The number of fused-ring (bicyclic) bond motifs is 1. The standard InChI is InChI=1S/C18H11N7/c1-12-6-7-25-11-17(24-18(25)22-12)13-2-4-15(5-3-13)23-16(10-21)14(8-19)9-20/h2-7,11,23H,1H3. The topological polar surface area (TPSA) is 114 Å². The summed E-state index contributed by atoms with van der Waals surface area (Å²) in [7, 11) is 0. The summed E-state index contributed by atoms with van der Waals surface area (Å²) in [5.41, 5.74) is 2.82. The minimum Gasteiger partial charge on any atom is -0.345 e. The highest BCUT2D eigenvalue weighted by molar-refractivity contribution is 5.66. The molecule has 0 saturated carbocycles. The van der Waals surface area contributed by atoms with Crippen molar-refractivity contribution in [1.82, 2.24) is 14.4 Å². The summed E-state index contributed by atoms with van der Waals surface area (Å²) in [6.45, 7) is 1.91. The molecule has 1 N–H and O–H groups in total. The molecule has 0 fully saturated rings. The fourth-order valence-corrected chi connectivity index (χ4v) is 2.25. The van der Waals surface area contributed by atoms with E-state index < -0.39 is 0 Å². The van der Waals surface area contributed by atoms with Crippen molar-refractivity contribution in [2.75, 3.05) is 5.32 Å². The first-order valence-electron chi connectivity index (χ1n) is 7.29. The second kappa shape index (κ2) is 6.54. The van der Waals surface area contributed by atoms with E-state index in [1.807, 2.05) is 48.0 Å². The number of hydrogen-bond acceptors (Lipinski definition) is 6. The van der Waals surface area contributed by atoms with Crippen LogP contribution in [0.3, 0.4) is 0 Å². The molecule has 3 rings (SSSR count). The zero-order valence-electron chi connectivity index (χ0n) is 13.2. The fourth-order valence-electron chi connectivity index (χ4n) is 2.25. The predicted octanol–water partition coefficient (Wildman–Crippen LogP) is 2.94. The van der Waals surface area contributed by atoms with Crippen LogP contribution in [0.5, 0.6) is 0 Å². The van der Waals surface area contributed by atoms with Gasteiger partial charge in [-0.2, -0.15) is 15.8 Å². The summed E-state index contributed by atoms with van der Waals surface area (Å²) in [5, 5.41) is 29.5. The molecule has 0 saturated heterocycles. The summed E-state index contributed by atoms with van der Waals surface area (Å²) in [6.07, 6.45) is 3.79. The van der Waals surface area contributed by atoms with Crippen molar-refractivity contribution in [2.45, 2.75) is 6.92 Å². The van der Waals surface area contributed by atoms with Gasteiger partial charge < -0.3 is 5.32 Å². The van der Waals surface area contributed by atoms with E-state index >= 15 is 0 Å². The number of hydrogen-bond donors (Lipinski definition) is 1. The molecule has 0 radical (unpaired) electrons. The lowest BCUT2D eigenvalue weighted by Gasteiger charge is -2.05. The first-order chi connectivity index (χ1) is 12.1. The molecule has 3 aromatic rings. The van der Waals surface area contributed by atoms with E-state index in [1.54, 1.807) is 24.3 Å². The maximum Gasteiger partial charge on any atom is 0.234 e. The average molecular weight is 325 g/mol. The molecule has 118 valence electrons. The molecule has 0 atom stereocenters. The van der Waals surface area contributed by atoms with Gasteiger partial charge in [0, 0.05) is 29.3 Å². The van der Waals surface area contributed by atoms with Crippen molar-refractivity contribution in [3.05, 3.63) is 59.7 Å². The van der Waals surface area contributed by atoms with Crippen LogP contribution in [0, 0.1) is 40.9 Å². The van der Waals surface area contributed by atoms with E-state index in [0.29, 0.717) is 11.5 Å². The predicted molar refractivity (Wildman–Crippen MR) is 90.6 cm³/mol. The first kappa shape index (κ1) is 15.7. The number of anilines is 1. The summed E-state index contributed by atoms with van der Waals surface area (Å²) >= 11 is 0. The molecule has 0 unspecified atom stereocenters. The van der Waals surface area contributed by atoms with E-state index in [2.05, 4.69) is 15.3 Å². The Hall–Kier alpha value is -4.15. The molecule has 2 aromatic heterocycles. The van der Waals surface area contributed by atoms with Crippen LogP contribution in [-0.4, -0.2) is 14.4 Å². The molecule has 0 spiro atoms. The number of allylic oxidation sites excluding steroid dienone is 2. The van der Waals surface area contributed by atoms with Crippen LogP contribution in [0.25, 0.3) is 17.0 Å². The molecule has 0 aliphatic rings. The van der Waals surface area contributed by atoms with Gasteiger partial charge in [0.2, 0.25) is 5.78 Å². The van der Waals surface area contributed by atoms with Gasteiger partial charge in [-0.15, -0.1) is 0 Å². The highest BCUT2D eigenvalue weighted by atomic mass is 15.1. The minimum atomic E-state index is -0.256. The Balaban J connectivity index is 1.89. The smallest absolute Gasteiger partial charge is 0.234 e. The third-order valence-electron chi connectivity index (χ3n) is 3.50. The highest BCUT2D eigenvalue weighted by Crippen LogP contribution is 2.22. The van der Waals surface area contributed by atoms with Crippen LogP contribution in [-0.2, 0) is 0 Å². The molecular weight excluding hydrogens is 314 g/mol. The number of nitrogens with zero attached hydrogens (tertiary/aromatic N) is 6. The summed E-state index contributed by atoms with van der Waals surface area (Å²) < 4.78 is 1.84. The lowest BCUT2D eigenvalue weighted by Crippen LogP contribution is -2.00. The zero-order valence-corrected chi connectivity index (χ0v) is 13.2. The molecule has 7 nitrogen and oxygen atoms in total. The Morgan fingerprint density at radius 3 is 2.36 bits per heavy atom. The van der Waals surface area contributed by atoms with Gasteiger partial charge in [-0.25, -0.2) is 9.97 Å². The third kappa shape index (κ3) is 3.14. The Morgan fingerprint density at radius 2 is 1.72 bits per heavy atom. The number of imidazole rings is 1. The van der Waals surface area contributed by atoms with Crippen molar-refractivity contribution >= 4 is 11.5 Å². The van der Waals surface area contributed by atoms with E-state index in [9.17, 15) is 0 Å². The number of nitriles is 3. The lowest BCUT2D eigenvalue weighted by molar-refractivity contribution is 1.07. The number of nitrogens with one attached hydrogen (secondary N) is 1. The Kier molecular flexibility index (Phi) is 4.11. The van der Waals surface area contributed by atoms with Crippen molar-refractivity contribution in [3.8, 4) is 29.5 Å². The molecule has 2 heterocycles. The summed E-state index contributed by atoms with van der Waals surface area (Å²) in [4.78, 5) is 8.85. The van der Waals surface area contributed by atoms with Crippen molar-refractivity contribution < 1.29 is 0 Å². The molecule has 0 bridgehead atoms. The molecule has 0 aliphatic heterocycles. The summed E-state index contributed by atoms with van der Waals surface area (Å²) in [5.74, 6) is 0.625. The van der Waals surface area contributed by atoms with Crippen LogP contribution >= 0.6 is 0 Å². The van der Waals surface area contributed by atoms with Gasteiger partial charge in [0.05, 0.1) is 5.69 Å². The Morgan fingerprint density at radius 1 is 1.00 bits per heavy atom. The zero-order chi connectivity index (χ0) is 17.8. The SMILES string of the molecule is Cc1ccn2cc(-c3ccc(NC(C#N)=C(C#N)C#N)cc3)nc2n1. The van der Waals surface area contributed by atoms with E-state index in [-0.39, 0.29) is 11.3 Å². The number of aryl methyl sites for hydroxylation is 1. The van der Waals surface area contributed by atoms with Gasteiger partial charge >= 0.3 is 0 Å². The van der Waals surface area contributed by atoms with Crippen molar-refractivity contribution in [2.24, 2.45) is 0 Å². The monoisotopic (exact) mass is 325 g/mol. The number of benzene rings is 1. The highest BCUT2D eigenvalue weighted by Gasteiger charge is 2.08. The molecule has 1 aromatic carbocycles. The molecular formula is C18H11N7. The normalized spacial score (nSPS) is 9.68. The first-order valence-corrected chi connectivity index (χ1v) is 7.29. The van der Waals surface area contributed by atoms with Gasteiger partial charge in [0.15, 0.2) is 5.57 Å². The molecule has 7 heteroatoms. The average Bonchev–Trinajstić information content (AvgIpc) is 3.05. The van der Waals surface area contributed by atoms with Crippen LogP contribution in [0.15, 0.2) is 54.0 Å². The number of aromatic nitrogens is 3. The van der Waals surface area contributed by atoms with Crippen LogP contribution in [0.4, 0.5) is 5.69 Å². The largest absolute Gasteiger partial charge is 0.345 e. The van der Waals surface area contributed by atoms with Gasteiger partial charge in [0.25, 0.3) is 0 Å². The van der Waals surface area contributed by atoms with Gasteiger partial charge in [-0.05, 0) is 25.1 Å². The van der Waals surface area contributed by atoms with Gasteiger partial charge in [-0.3, -0.25) is 4.40 Å². The van der Waals surface area contributed by atoms with E-state index in [0.717, 1.165) is 17.0 Å². The molecule has 0 amide bonds. The van der Waals surface area contributed by atoms with Crippen molar-refractivity contribution in [1.29, 1.82) is 15.8 Å².